The van der Waals surface area contributed by atoms with Crippen LogP contribution in [-0.2, 0) is 17.0 Å². The van der Waals surface area contributed by atoms with Crippen molar-refractivity contribution in [2.24, 2.45) is 0 Å². The lowest BCUT2D eigenvalue weighted by atomic mass is 10.1. The lowest BCUT2D eigenvalue weighted by Gasteiger charge is -2.09. The van der Waals surface area contributed by atoms with Gasteiger partial charge in [-0.2, -0.15) is 0 Å². The largest absolute Gasteiger partial charge is 0.496 e. The van der Waals surface area contributed by atoms with Crippen molar-refractivity contribution >= 4 is 29.3 Å². The molecule has 0 heterocycles. The van der Waals surface area contributed by atoms with Gasteiger partial charge in [0.1, 0.15) is 5.75 Å². The number of carbonyl (C=O) groups excluding carboxylic acids is 1. The number of hydrogen-bond acceptors (Lipinski definition) is 3. The third kappa shape index (κ3) is 6.16. The summed E-state index contributed by atoms with van der Waals surface area (Å²) >= 11 is 7.44. The van der Waals surface area contributed by atoms with E-state index in [2.05, 4.69) is 5.32 Å². The van der Waals surface area contributed by atoms with E-state index in [4.69, 9.17) is 16.3 Å². The van der Waals surface area contributed by atoms with E-state index in [9.17, 15) is 4.79 Å². The van der Waals surface area contributed by atoms with Gasteiger partial charge in [-0.25, -0.2) is 0 Å². The Morgan fingerprint density at radius 1 is 1.17 bits per heavy atom. The van der Waals surface area contributed by atoms with E-state index < -0.39 is 0 Å². The van der Waals surface area contributed by atoms with Gasteiger partial charge in [0.25, 0.3) is 0 Å². The molecule has 0 radical (unpaired) electrons. The van der Waals surface area contributed by atoms with Gasteiger partial charge < -0.3 is 10.1 Å². The Hall–Kier alpha value is -1.65. The van der Waals surface area contributed by atoms with Gasteiger partial charge in [0.15, 0.2) is 0 Å². The van der Waals surface area contributed by atoms with E-state index >= 15 is 0 Å². The molecule has 2 aromatic carbocycles. The van der Waals surface area contributed by atoms with Gasteiger partial charge in [-0.1, -0.05) is 41.9 Å². The Morgan fingerprint density at radius 3 is 2.65 bits per heavy atom. The molecule has 0 atom stereocenters. The maximum atomic E-state index is 11.8. The Bertz CT molecular complexity index is 631. The Morgan fingerprint density at radius 2 is 1.91 bits per heavy atom. The molecule has 1 N–H and O–H groups in total. The number of benzene rings is 2. The van der Waals surface area contributed by atoms with E-state index in [0.29, 0.717) is 12.3 Å². The Kier molecular flexibility index (Phi) is 7.30. The third-order valence-electron chi connectivity index (χ3n) is 3.32. The molecule has 122 valence electrons. The fourth-order valence-corrected chi connectivity index (χ4v) is 3.08. The first-order chi connectivity index (χ1) is 11.2. The molecule has 0 bridgehead atoms. The second-order valence-electron chi connectivity index (χ2n) is 5.03. The van der Waals surface area contributed by atoms with E-state index in [1.165, 1.54) is 5.56 Å². The highest BCUT2D eigenvalue weighted by molar-refractivity contribution is 7.99. The van der Waals surface area contributed by atoms with Crippen molar-refractivity contribution < 1.29 is 9.53 Å². The molecule has 3 nitrogen and oxygen atoms in total. The smallest absolute Gasteiger partial charge is 0.230 e. The molecule has 0 aliphatic carbocycles. The summed E-state index contributed by atoms with van der Waals surface area (Å²) in [6.45, 7) is 0.612. The van der Waals surface area contributed by atoms with Crippen LogP contribution in [0.15, 0.2) is 48.5 Å². The fraction of sp³-hybridized carbons (Fsp3) is 0.278. The molecule has 0 spiro atoms. The summed E-state index contributed by atoms with van der Waals surface area (Å²) in [7, 11) is 1.66. The quantitative estimate of drug-likeness (QED) is 0.784. The summed E-state index contributed by atoms with van der Waals surface area (Å²) < 4.78 is 5.30. The van der Waals surface area contributed by atoms with Gasteiger partial charge in [-0.05, 0) is 35.7 Å². The zero-order chi connectivity index (χ0) is 16.5. The van der Waals surface area contributed by atoms with E-state index in [1.807, 2.05) is 48.5 Å². The van der Waals surface area contributed by atoms with Crippen molar-refractivity contribution in [1.82, 2.24) is 5.32 Å². The maximum Gasteiger partial charge on any atom is 0.230 e. The number of rotatable bonds is 8. The zero-order valence-electron chi connectivity index (χ0n) is 13.0. The van der Waals surface area contributed by atoms with E-state index in [1.54, 1.807) is 18.9 Å². The van der Waals surface area contributed by atoms with Crippen LogP contribution in [0.25, 0.3) is 0 Å². The molecule has 2 aromatic rings. The van der Waals surface area contributed by atoms with Gasteiger partial charge in [0, 0.05) is 17.3 Å². The highest BCUT2D eigenvalue weighted by atomic mass is 35.5. The van der Waals surface area contributed by atoms with Gasteiger partial charge in [0.2, 0.25) is 5.91 Å². The predicted molar refractivity (Wildman–Crippen MR) is 97.3 cm³/mol. The second kappa shape index (κ2) is 9.48. The van der Waals surface area contributed by atoms with Crippen molar-refractivity contribution in [1.29, 1.82) is 0 Å². The first-order valence-corrected chi connectivity index (χ1v) is 8.93. The van der Waals surface area contributed by atoms with Crippen LogP contribution in [0.5, 0.6) is 5.75 Å². The third-order valence-corrected chi connectivity index (χ3v) is 4.58. The van der Waals surface area contributed by atoms with Gasteiger partial charge >= 0.3 is 0 Å². The predicted octanol–water partition coefficient (Wildman–Crippen LogP) is 3.94. The fourth-order valence-electron chi connectivity index (χ4n) is 2.14. The SMILES string of the molecule is COc1ccccc1CCNC(=O)CSCc1ccc(Cl)cc1. The summed E-state index contributed by atoms with van der Waals surface area (Å²) in [5.41, 5.74) is 2.27. The number of amides is 1. The van der Waals surface area contributed by atoms with Gasteiger partial charge in [0.05, 0.1) is 12.9 Å². The molecule has 0 saturated carbocycles. The second-order valence-corrected chi connectivity index (χ2v) is 6.45. The summed E-state index contributed by atoms with van der Waals surface area (Å²) in [5, 5.41) is 3.67. The van der Waals surface area contributed by atoms with Crippen LogP contribution in [0.4, 0.5) is 0 Å². The Balaban J connectivity index is 1.66. The number of nitrogens with one attached hydrogen (secondary N) is 1. The average Bonchev–Trinajstić information content (AvgIpc) is 2.57. The lowest BCUT2D eigenvalue weighted by molar-refractivity contribution is -0.118. The van der Waals surface area contributed by atoms with Crippen LogP contribution in [-0.4, -0.2) is 25.3 Å². The van der Waals surface area contributed by atoms with Crippen molar-refractivity contribution in [3.63, 3.8) is 0 Å². The average molecular weight is 350 g/mol. The summed E-state index contributed by atoms with van der Waals surface area (Å²) in [4.78, 5) is 11.8. The number of thioether (sulfide) groups is 1. The first kappa shape index (κ1) is 17.7. The van der Waals surface area contributed by atoms with Gasteiger partial charge in [-0.15, -0.1) is 11.8 Å². The molecule has 23 heavy (non-hydrogen) atoms. The number of carbonyl (C=O) groups is 1. The molecule has 5 heteroatoms. The van der Waals surface area contributed by atoms with Crippen molar-refractivity contribution in [2.75, 3.05) is 19.4 Å². The number of hydrogen-bond donors (Lipinski definition) is 1. The van der Waals surface area contributed by atoms with Gasteiger partial charge in [-0.3, -0.25) is 4.79 Å². The molecule has 1 amide bonds. The summed E-state index contributed by atoms with van der Waals surface area (Å²) in [5.74, 6) is 2.17. The molecule has 0 aliphatic rings. The van der Waals surface area contributed by atoms with Crippen LogP contribution < -0.4 is 10.1 Å². The normalized spacial score (nSPS) is 10.3. The molecular weight excluding hydrogens is 330 g/mol. The number of halogens is 1. The molecule has 0 fully saturated rings. The van der Waals surface area contributed by atoms with Crippen LogP contribution in [0, 0.1) is 0 Å². The molecule has 0 aliphatic heterocycles. The standard InChI is InChI=1S/C18H20ClNO2S/c1-22-17-5-3-2-4-15(17)10-11-20-18(21)13-23-12-14-6-8-16(19)9-7-14/h2-9H,10-13H2,1H3,(H,20,21). The molecule has 0 unspecified atom stereocenters. The molecule has 0 saturated heterocycles. The van der Waals surface area contributed by atoms with Crippen LogP contribution >= 0.6 is 23.4 Å². The highest BCUT2D eigenvalue weighted by Crippen LogP contribution is 2.17. The zero-order valence-corrected chi connectivity index (χ0v) is 14.6. The monoisotopic (exact) mass is 349 g/mol. The van der Waals surface area contributed by atoms with E-state index in [-0.39, 0.29) is 5.91 Å². The maximum absolute atomic E-state index is 11.8. The molecule has 2 rings (SSSR count). The van der Waals surface area contributed by atoms with Crippen LogP contribution in [0.2, 0.25) is 5.02 Å². The van der Waals surface area contributed by atoms with Crippen molar-refractivity contribution in [3.8, 4) is 5.75 Å². The summed E-state index contributed by atoms with van der Waals surface area (Å²) in [6, 6.07) is 15.6. The molecular formula is C18H20ClNO2S. The van der Waals surface area contributed by atoms with E-state index in [0.717, 1.165) is 28.5 Å². The van der Waals surface area contributed by atoms with Crippen molar-refractivity contribution in [3.05, 3.63) is 64.7 Å². The minimum Gasteiger partial charge on any atom is -0.496 e. The minimum absolute atomic E-state index is 0.0545. The first-order valence-electron chi connectivity index (χ1n) is 7.40. The van der Waals surface area contributed by atoms with Crippen LogP contribution in [0.1, 0.15) is 11.1 Å². The highest BCUT2D eigenvalue weighted by Gasteiger charge is 2.04. The van der Waals surface area contributed by atoms with Crippen LogP contribution in [0.3, 0.4) is 0 Å². The minimum atomic E-state index is 0.0545. The lowest BCUT2D eigenvalue weighted by Crippen LogP contribution is -2.27. The molecule has 0 aromatic heterocycles. The number of methoxy groups -OCH3 is 1. The Labute approximate surface area is 146 Å². The topological polar surface area (TPSA) is 38.3 Å². The van der Waals surface area contributed by atoms with Crippen molar-refractivity contribution in [2.45, 2.75) is 12.2 Å². The summed E-state index contributed by atoms with van der Waals surface area (Å²) in [6.07, 6.45) is 0.762. The number of para-hydroxylation sites is 1. The number of ether oxygens (including phenoxy) is 1.